The molecule has 0 spiro atoms. The number of hydrogen-bond donors (Lipinski definition) is 2. The maximum absolute atomic E-state index is 12.8. The summed E-state index contributed by atoms with van der Waals surface area (Å²) in [6.07, 6.45) is 0.800. The molecule has 0 saturated carbocycles. The summed E-state index contributed by atoms with van der Waals surface area (Å²) in [5.74, 6) is -0.323. The molecular weight excluding hydrogens is 334 g/mol. The minimum absolute atomic E-state index is 0.0276. The molecule has 0 aromatic heterocycles. The molecule has 8 heteroatoms. The van der Waals surface area contributed by atoms with Gasteiger partial charge in [-0.2, -0.15) is 0 Å². The molecule has 0 aliphatic carbocycles. The van der Waals surface area contributed by atoms with Crippen molar-refractivity contribution < 1.29 is 14.4 Å². The first-order valence-electron chi connectivity index (χ1n) is 8.95. The molecule has 2 fully saturated rings. The number of para-hydroxylation sites is 1. The Morgan fingerprint density at radius 3 is 2.42 bits per heavy atom. The number of rotatable bonds is 5. The largest absolute Gasteiger partial charge is 0.346 e. The quantitative estimate of drug-likeness (QED) is 0.703. The lowest BCUT2D eigenvalue weighted by molar-refractivity contribution is -0.134. The number of carbonyl (C=O) groups excluding carboxylic acids is 3. The van der Waals surface area contributed by atoms with Crippen LogP contribution in [0.2, 0.25) is 0 Å². The minimum Gasteiger partial charge on any atom is -0.346 e. The molecule has 8 nitrogen and oxygen atoms in total. The van der Waals surface area contributed by atoms with Gasteiger partial charge in [-0.25, -0.2) is 0 Å². The van der Waals surface area contributed by atoms with Gasteiger partial charge in [0.1, 0.15) is 0 Å². The highest BCUT2D eigenvalue weighted by Gasteiger charge is 2.38. The van der Waals surface area contributed by atoms with Crippen LogP contribution in [-0.4, -0.2) is 79.4 Å². The molecule has 1 aromatic carbocycles. The van der Waals surface area contributed by atoms with Crippen LogP contribution in [-0.2, 0) is 14.4 Å². The summed E-state index contributed by atoms with van der Waals surface area (Å²) in [6, 6.07) is 9.59. The Balaban J connectivity index is 1.50. The molecule has 2 saturated heterocycles. The van der Waals surface area contributed by atoms with Crippen LogP contribution in [0, 0.1) is 0 Å². The summed E-state index contributed by atoms with van der Waals surface area (Å²) in [5.41, 5.74) is 6.15. The predicted molar refractivity (Wildman–Crippen MR) is 97.4 cm³/mol. The molecule has 1 aromatic rings. The molecule has 140 valence electrons. The van der Waals surface area contributed by atoms with E-state index in [1.54, 1.807) is 4.90 Å². The summed E-state index contributed by atoms with van der Waals surface area (Å²) in [4.78, 5) is 41.8. The number of amides is 3. The lowest BCUT2D eigenvalue weighted by Gasteiger charge is -2.37. The van der Waals surface area contributed by atoms with Crippen molar-refractivity contribution in [3.63, 3.8) is 0 Å². The van der Waals surface area contributed by atoms with E-state index >= 15 is 0 Å². The molecule has 1 unspecified atom stereocenters. The van der Waals surface area contributed by atoms with Crippen LogP contribution in [0.5, 0.6) is 0 Å². The monoisotopic (exact) mass is 359 g/mol. The molecule has 2 aliphatic heterocycles. The zero-order valence-corrected chi connectivity index (χ0v) is 14.8. The smallest absolute Gasteiger partial charge is 0.244 e. The summed E-state index contributed by atoms with van der Waals surface area (Å²) in [7, 11) is 0. The van der Waals surface area contributed by atoms with Crippen molar-refractivity contribution in [3.05, 3.63) is 30.3 Å². The molecule has 26 heavy (non-hydrogen) atoms. The van der Waals surface area contributed by atoms with Crippen LogP contribution in [0.25, 0.3) is 0 Å². The number of carbonyl (C=O) groups is 3. The highest BCUT2D eigenvalue weighted by Crippen LogP contribution is 2.24. The van der Waals surface area contributed by atoms with Crippen molar-refractivity contribution in [2.45, 2.75) is 12.5 Å². The van der Waals surface area contributed by atoms with Crippen molar-refractivity contribution in [3.8, 4) is 0 Å². The molecule has 3 N–H and O–H groups in total. The van der Waals surface area contributed by atoms with Gasteiger partial charge in [0.25, 0.3) is 0 Å². The van der Waals surface area contributed by atoms with Crippen molar-refractivity contribution in [1.82, 2.24) is 15.1 Å². The van der Waals surface area contributed by atoms with Gasteiger partial charge in [0.2, 0.25) is 17.7 Å². The van der Waals surface area contributed by atoms with Crippen molar-refractivity contribution in [2.24, 2.45) is 5.73 Å². The molecule has 1 atom stereocenters. The third-order valence-corrected chi connectivity index (χ3v) is 4.98. The number of piperazine rings is 1. The van der Waals surface area contributed by atoms with Crippen LogP contribution in [0.4, 0.5) is 5.69 Å². The van der Waals surface area contributed by atoms with Gasteiger partial charge >= 0.3 is 0 Å². The Bertz CT molecular complexity index is 658. The normalized spacial score (nSPS) is 21.1. The second-order valence-electron chi connectivity index (χ2n) is 6.53. The van der Waals surface area contributed by atoms with E-state index in [9.17, 15) is 14.4 Å². The zero-order chi connectivity index (χ0) is 18.5. The minimum atomic E-state index is -0.338. The highest BCUT2D eigenvalue weighted by atomic mass is 16.2. The van der Waals surface area contributed by atoms with Crippen LogP contribution in [0.15, 0.2) is 30.3 Å². The van der Waals surface area contributed by atoms with Crippen LogP contribution >= 0.6 is 0 Å². The lowest BCUT2D eigenvalue weighted by atomic mass is 10.1. The first-order chi connectivity index (χ1) is 12.6. The van der Waals surface area contributed by atoms with E-state index in [1.807, 2.05) is 35.2 Å². The lowest BCUT2D eigenvalue weighted by Crippen LogP contribution is -2.55. The average Bonchev–Trinajstić information content (AvgIpc) is 3.08. The van der Waals surface area contributed by atoms with Gasteiger partial charge in [-0.3, -0.25) is 19.3 Å². The third kappa shape index (κ3) is 4.03. The van der Waals surface area contributed by atoms with Crippen molar-refractivity contribution in [2.75, 3.05) is 50.7 Å². The maximum atomic E-state index is 12.8. The Kier molecular flexibility index (Phi) is 5.85. The SMILES string of the molecule is NCC(=O)NCC(=O)N1CCN(C2CCN(c3ccccc3)C2=O)CC1. The van der Waals surface area contributed by atoms with Gasteiger partial charge < -0.3 is 20.9 Å². The second kappa shape index (κ2) is 8.29. The molecule has 2 aliphatic rings. The summed E-state index contributed by atoms with van der Waals surface area (Å²) in [6.45, 7) is 3.02. The van der Waals surface area contributed by atoms with E-state index in [-0.39, 0.29) is 36.9 Å². The number of hydrogen-bond acceptors (Lipinski definition) is 5. The van der Waals surface area contributed by atoms with Gasteiger partial charge in [-0.05, 0) is 18.6 Å². The summed E-state index contributed by atoms with van der Waals surface area (Å²) < 4.78 is 0. The van der Waals surface area contributed by atoms with E-state index in [1.165, 1.54) is 0 Å². The number of nitrogens with zero attached hydrogens (tertiary/aromatic N) is 3. The summed E-state index contributed by atoms with van der Waals surface area (Å²) >= 11 is 0. The Morgan fingerprint density at radius 1 is 1.08 bits per heavy atom. The average molecular weight is 359 g/mol. The number of nitrogens with one attached hydrogen (secondary N) is 1. The fourth-order valence-corrected chi connectivity index (χ4v) is 3.51. The first kappa shape index (κ1) is 18.3. The van der Waals surface area contributed by atoms with Gasteiger partial charge in [-0.15, -0.1) is 0 Å². The Labute approximate surface area is 152 Å². The predicted octanol–water partition coefficient (Wildman–Crippen LogP) is -0.989. The van der Waals surface area contributed by atoms with E-state index in [2.05, 4.69) is 10.2 Å². The second-order valence-corrected chi connectivity index (χ2v) is 6.53. The highest BCUT2D eigenvalue weighted by molar-refractivity contribution is 5.99. The summed E-state index contributed by atoms with van der Waals surface area (Å²) in [5, 5.41) is 2.50. The molecule has 3 rings (SSSR count). The number of anilines is 1. The van der Waals surface area contributed by atoms with Gasteiger partial charge in [0, 0.05) is 38.4 Å². The Hall–Kier alpha value is -2.45. The number of benzene rings is 1. The Morgan fingerprint density at radius 2 is 1.77 bits per heavy atom. The van der Waals surface area contributed by atoms with Crippen LogP contribution in [0.1, 0.15) is 6.42 Å². The fraction of sp³-hybridized carbons (Fsp3) is 0.500. The first-order valence-corrected chi connectivity index (χ1v) is 8.95. The topological polar surface area (TPSA) is 99.0 Å². The third-order valence-electron chi connectivity index (χ3n) is 4.98. The van der Waals surface area contributed by atoms with Gasteiger partial charge in [0.15, 0.2) is 0 Å². The molecule has 0 bridgehead atoms. The van der Waals surface area contributed by atoms with Crippen LogP contribution in [0.3, 0.4) is 0 Å². The van der Waals surface area contributed by atoms with E-state index in [0.29, 0.717) is 26.2 Å². The zero-order valence-electron chi connectivity index (χ0n) is 14.8. The molecule has 0 radical (unpaired) electrons. The molecule has 3 amide bonds. The van der Waals surface area contributed by atoms with E-state index in [0.717, 1.165) is 18.7 Å². The molecule has 2 heterocycles. The van der Waals surface area contributed by atoms with Crippen molar-refractivity contribution in [1.29, 1.82) is 0 Å². The van der Waals surface area contributed by atoms with Gasteiger partial charge in [-0.1, -0.05) is 18.2 Å². The standard InChI is InChI=1S/C18H25N5O3/c19-12-16(24)20-13-17(25)22-10-8-21(9-11-22)15-6-7-23(18(15)26)14-4-2-1-3-5-14/h1-5,15H,6-13,19H2,(H,20,24). The maximum Gasteiger partial charge on any atom is 0.244 e. The van der Waals surface area contributed by atoms with E-state index < -0.39 is 0 Å². The molecular formula is C18H25N5O3. The fourth-order valence-electron chi connectivity index (χ4n) is 3.51. The number of nitrogens with two attached hydrogens (primary N) is 1. The van der Waals surface area contributed by atoms with Crippen molar-refractivity contribution >= 4 is 23.4 Å². The van der Waals surface area contributed by atoms with Crippen LogP contribution < -0.4 is 16.0 Å². The van der Waals surface area contributed by atoms with E-state index in [4.69, 9.17) is 5.73 Å². The van der Waals surface area contributed by atoms with Gasteiger partial charge in [0.05, 0.1) is 19.1 Å².